The quantitative estimate of drug-likeness (QED) is 0.380. The van der Waals surface area contributed by atoms with E-state index in [0.29, 0.717) is 6.61 Å². The largest absolute Gasteiger partial charge is 0.481 e. The monoisotopic (exact) mass is 286 g/mol. The number of unbranched alkanes of at least 4 members (excludes halogenated alkanes) is 1. The standard InChI is InChI=1S/C15H26O5/c16-14(17)12-15(18)20-10-5-4-9-19-11-8-13-6-2-1-3-7-13/h13H,1-12H2,(H,16,17). The van der Waals surface area contributed by atoms with Gasteiger partial charge in [-0.3, -0.25) is 9.59 Å². The smallest absolute Gasteiger partial charge is 0.317 e. The van der Waals surface area contributed by atoms with Gasteiger partial charge < -0.3 is 14.6 Å². The van der Waals surface area contributed by atoms with Gasteiger partial charge in [0.05, 0.1) is 6.61 Å². The van der Waals surface area contributed by atoms with Crippen LogP contribution in [0, 0.1) is 5.92 Å². The van der Waals surface area contributed by atoms with Gasteiger partial charge in [0.1, 0.15) is 6.42 Å². The maximum absolute atomic E-state index is 10.9. The Kier molecular flexibility index (Phi) is 9.04. The zero-order valence-electron chi connectivity index (χ0n) is 12.1. The molecule has 0 spiro atoms. The van der Waals surface area contributed by atoms with Crippen LogP contribution in [-0.2, 0) is 19.1 Å². The molecular weight excluding hydrogens is 260 g/mol. The molecule has 0 aromatic heterocycles. The molecule has 116 valence electrons. The van der Waals surface area contributed by atoms with Crippen molar-refractivity contribution in [3.8, 4) is 0 Å². The molecule has 0 atom stereocenters. The van der Waals surface area contributed by atoms with E-state index >= 15 is 0 Å². The molecule has 1 rings (SSSR count). The number of esters is 1. The van der Waals surface area contributed by atoms with Crippen LogP contribution in [0.2, 0.25) is 0 Å². The fraction of sp³-hybridized carbons (Fsp3) is 0.867. The van der Waals surface area contributed by atoms with Crippen LogP contribution in [0.3, 0.4) is 0 Å². The third-order valence-corrected chi connectivity index (χ3v) is 3.64. The van der Waals surface area contributed by atoms with Crippen molar-refractivity contribution in [2.24, 2.45) is 5.92 Å². The van der Waals surface area contributed by atoms with Crippen molar-refractivity contribution in [3.63, 3.8) is 0 Å². The van der Waals surface area contributed by atoms with Crippen molar-refractivity contribution in [2.75, 3.05) is 19.8 Å². The number of carboxylic acid groups (broad SMARTS) is 1. The van der Waals surface area contributed by atoms with Gasteiger partial charge in [-0.1, -0.05) is 32.1 Å². The molecule has 0 bridgehead atoms. The Balaban J connectivity index is 1.82. The topological polar surface area (TPSA) is 72.8 Å². The molecule has 1 fully saturated rings. The van der Waals surface area contributed by atoms with Crippen molar-refractivity contribution in [2.45, 2.75) is 57.8 Å². The second-order valence-corrected chi connectivity index (χ2v) is 5.40. The molecule has 1 saturated carbocycles. The summed E-state index contributed by atoms with van der Waals surface area (Å²) in [4.78, 5) is 21.2. The van der Waals surface area contributed by atoms with E-state index in [2.05, 4.69) is 0 Å². The molecular formula is C15H26O5. The predicted octanol–water partition coefficient (Wildman–Crippen LogP) is 2.77. The molecule has 0 aromatic carbocycles. The highest BCUT2D eigenvalue weighted by atomic mass is 16.5. The van der Waals surface area contributed by atoms with Gasteiger partial charge in [-0.25, -0.2) is 0 Å². The van der Waals surface area contributed by atoms with Crippen LogP contribution in [-0.4, -0.2) is 36.9 Å². The molecule has 5 heteroatoms. The molecule has 5 nitrogen and oxygen atoms in total. The number of rotatable bonds is 10. The van der Waals surface area contributed by atoms with Crippen LogP contribution >= 0.6 is 0 Å². The highest BCUT2D eigenvalue weighted by Crippen LogP contribution is 2.26. The minimum Gasteiger partial charge on any atom is -0.481 e. The number of ether oxygens (including phenoxy) is 2. The van der Waals surface area contributed by atoms with E-state index in [1.54, 1.807) is 0 Å². The third-order valence-electron chi connectivity index (χ3n) is 3.64. The molecule has 0 heterocycles. The molecule has 1 aliphatic carbocycles. The van der Waals surface area contributed by atoms with Crippen molar-refractivity contribution in [1.29, 1.82) is 0 Å². The number of hydrogen-bond donors (Lipinski definition) is 1. The lowest BCUT2D eigenvalue weighted by atomic mass is 9.87. The summed E-state index contributed by atoms with van der Waals surface area (Å²) >= 11 is 0. The Morgan fingerprint density at radius 3 is 2.40 bits per heavy atom. The molecule has 0 aliphatic heterocycles. The summed E-state index contributed by atoms with van der Waals surface area (Å²) in [6.45, 7) is 1.78. The van der Waals surface area contributed by atoms with Crippen molar-refractivity contribution >= 4 is 11.9 Å². The first-order valence-corrected chi connectivity index (χ1v) is 7.63. The molecule has 20 heavy (non-hydrogen) atoms. The highest BCUT2D eigenvalue weighted by molar-refractivity contribution is 5.90. The maximum Gasteiger partial charge on any atom is 0.317 e. The fourth-order valence-electron chi connectivity index (χ4n) is 2.49. The van der Waals surface area contributed by atoms with Gasteiger partial charge in [0.25, 0.3) is 0 Å². The van der Waals surface area contributed by atoms with Gasteiger partial charge in [0.15, 0.2) is 0 Å². The van der Waals surface area contributed by atoms with Crippen LogP contribution in [0.5, 0.6) is 0 Å². The first kappa shape index (κ1) is 17.0. The summed E-state index contributed by atoms with van der Waals surface area (Å²) in [7, 11) is 0. The van der Waals surface area contributed by atoms with E-state index < -0.39 is 18.4 Å². The van der Waals surface area contributed by atoms with Gasteiger partial charge >= 0.3 is 11.9 Å². The van der Waals surface area contributed by atoms with E-state index in [0.717, 1.165) is 31.8 Å². The highest BCUT2D eigenvalue weighted by Gasteiger charge is 2.12. The van der Waals surface area contributed by atoms with Crippen molar-refractivity contribution in [3.05, 3.63) is 0 Å². The van der Waals surface area contributed by atoms with Crippen LogP contribution in [0.1, 0.15) is 57.8 Å². The van der Waals surface area contributed by atoms with Gasteiger partial charge in [-0.05, 0) is 25.2 Å². The normalized spacial score (nSPS) is 16.0. The Morgan fingerprint density at radius 1 is 1.00 bits per heavy atom. The van der Waals surface area contributed by atoms with E-state index in [4.69, 9.17) is 14.6 Å². The lowest BCUT2D eigenvalue weighted by Crippen LogP contribution is -2.12. The molecule has 0 radical (unpaired) electrons. The zero-order chi connectivity index (χ0) is 14.6. The SMILES string of the molecule is O=C(O)CC(=O)OCCCCOCCC1CCCCC1. The van der Waals surface area contributed by atoms with Crippen LogP contribution in [0.25, 0.3) is 0 Å². The Labute approximate surface area is 120 Å². The summed E-state index contributed by atoms with van der Waals surface area (Å²) in [5.41, 5.74) is 0. The number of aliphatic carboxylic acids is 1. The lowest BCUT2D eigenvalue weighted by Gasteiger charge is -2.21. The van der Waals surface area contributed by atoms with Crippen LogP contribution in [0.15, 0.2) is 0 Å². The van der Waals surface area contributed by atoms with Crippen molar-refractivity contribution in [1.82, 2.24) is 0 Å². The second kappa shape index (κ2) is 10.7. The predicted molar refractivity (Wildman–Crippen MR) is 74.5 cm³/mol. The minimum absolute atomic E-state index is 0.276. The van der Waals surface area contributed by atoms with E-state index in [9.17, 15) is 9.59 Å². The summed E-state index contributed by atoms with van der Waals surface area (Å²) in [6.07, 6.45) is 8.98. The minimum atomic E-state index is -1.15. The molecule has 0 aromatic rings. The Morgan fingerprint density at radius 2 is 1.70 bits per heavy atom. The van der Waals surface area contributed by atoms with Gasteiger partial charge in [0, 0.05) is 13.2 Å². The number of carbonyl (C=O) groups excluding carboxylic acids is 1. The van der Waals surface area contributed by atoms with Crippen LogP contribution in [0.4, 0.5) is 0 Å². The lowest BCUT2D eigenvalue weighted by molar-refractivity contribution is -0.151. The number of carboxylic acids is 1. The summed E-state index contributed by atoms with van der Waals surface area (Å²) < 4.78 is 10.4. The van der Waals surface area contributed by atoms with Gasteiger partial charge in [0.2, 0.25) is 0 Å². The molecule has 0 saturated heterocycles. The van der Waals surface area contributed by atoms with Crippen LogP contribution < -0.4 is 0 Å². The first-order chi connectivity index (χ1) is 9.68. The van der Waals surface area contributed by atoms with E-state index in [-0.39, 0.29) is 6.61 Å². The third kappa shape index (κ3) is 8.91. The summed E-state index contributed by atoms with van der Waals surface area (Å²) in [5.74, 6) is -0.975. The van der Waals surface area contributed by atoms with Crippen molar-refractivity contribution < 1.29 is 24.2 Å². The first-order valence-electron chi connectivity index (χ1n) is 7.63. The zero-order valence-corrected chi connectivity index (χ0v) is 12.1. The van der Waals surface area contributed by atoms with E-state index in [1.807, 2.05) is 0 Å². The number of hydrogen-bond acceptors (Lipinski definition) is 4. The number of carbonyl (C=O) groups is 2. The Bertz CT molecular complexity index is 284. The molecule has 0 unspecified atom stereocenters. The average Bonchev–Trinajstić information content (AvgIpc) is 2.42. The summed E-state index contributed by atoms with van der Waals surface area (Å²) in [5, 5.41) is 8.37. The molecule has 0 amide bonds. The second-order valence-electron chi connectivity index (χ2n) is 5.40. The molecule has 1 aliphatic rings. The van der Waals surface area contributed by atoms with Gasteiger partial charge in [-0.15, -0.1) is 0 Å². The maximum atomic E-state index is 10.9. The van der Waals surface area contributed by atoms with Gasteiger partial charge in [-0.2, -0.15) is 0 Å². The average molecular weight is 286 g/mol. The molecule has 1 N–H and O–H groups in total. The fourth-order valence-corrected chi connectivity index (χ4v) is 2.49. The Hall–Kier alpha value is -1.10. The summed E-state index contributed by atoms with van der Waals surface area (Å²) in [6, 6.07) is 0. The van der Waals surface area contributed by atoms with E-state index in [1.165, 1.54) is 32.1 Å².